The molecule has 102 valence electrons. The zero-order chi connectivity index (χ0) is 14.2. The standard InChI is InChI=1S/C15H14N2O3/c1-2-19-13-4-6-14(7-5-13)20-15(18)8-3-12-11-16-9-10-17-12/h3-11H,2H2,1H3. The Kier molecular flexibility index (Phi) is 4.83. The van der Waals surface area contributed by atoms with Crippen molar-refractivity contribution < 1.29 is 14.3 Å². The van der Waals surface area contributed by atoms with Crippen LogP contribution in [-0.2, 0) is 4.79 Å². The molecule has 0 fully saturated rings. The number of carbonyl (C=O) groups excluding carboxylic acids is 1. The SMILES string of the molecule is CCOc1ccc(OC(=O)C=Cc2cnccn2)cc1. The Morgan fingerprint density at radius 1 is 1.20 bits per heavy atom. The number of benzene rings is 1. The molecule has 2 aromatic rings. The zero-order valence-electron chi connectivity index (χ0n) is 11.0. The molecule has 0 spiro atoms. The molecule has 0 atom stereocenters. The van der Waals surface area contributed by atoms with Gasteiger partial charge in [-0.25, -0.2) is 4.79 Å². The van der Waals surface area contributed by atoms with E-state index in [1.807, 2.05) is 6.92 Å². The van der Waals surface area contributed by atoms with Gasteiger partial charge >= 0.3 is 5.97 Å². The lowest BCUT2D eigenvalue weighted by atomic mass is 10.3. The second kappa shape index (κ2) is 7.04. The average molecular weight is 270 g/mol. The normalized spacial score (nSPS) is 10.4. The van der Waals surface area contributed by atoms with Crippen molar-refractivity contribution in [3.8, 4) is 11.5 Å². The first-order valence-electron chi connectivity index (χ1n) is 6.16. The molecule has 0 radical (unpaired) electrons. The third-order valence-electron chi connectivity index (χ3n) is 2.33. The Hall–Kier alpha value is -2.69. The number of rotatable bonds is 5. The third-order valence-corrected chi connectivity index (χ3v) is 2.33. The highest BCUT2D eigenvalue weighted by Gasteiger charge is 2.01. The summed E-state index contributed by atoms with van der Waals surface area (Å²) in [6, 6.07) is 6.86. The van der Waals surface area contributed by atoms with Crippen LogP contribution in [0.25, 0.3) is 6.08 Å². The second-order valence-corrected chi connectivity index (χ2v) is 3.79. The van der Waals surface area contributed by atoms with E-state index in [1.54, 1.807) is 48.9 Å². The zero-order valence-corrected chi connectivity index (χ0v) is 11.0. The van der Waals surface area contributed by atoms with E-state index in [-0.39, 0.29) is 0 Å². The number of hydrogen-bond acceptors (Lipinski definition) is 5. The Morgan fingerprint density at radius 2 is 1.95 bits per heavy atom. The maximum absolute atomic E-state index is 11.6. The average Bonchev–Trinajstić information content (AvgIpc) is 2.49. The lowest BCUT2D eigenvalue weighted by Gasteiger charge is -2.04. The fourth-order valence-electron chi connectivity index (χ4n) is 1.47. The second-order valence-electron chi connectivity index (χ2n) is 3.79. The van der Waals surface area contributed by atoms with Crippen LogP contribution in [0.3, 0.4) is 0 Å². The highest BCUT2D eigenvalue weighted by Crippen LogP contribution is 2.17. The number of esters is 1. The molecule has 2 rings (SSSR count). The summed E-state index contributed by atoms with van der Waals surface area (Å²) in [5, 5.41) is 0. The van der Waals surface area contributed by atoms with Crippen LogP contribution < -0.4 is 9.47 Å². The van der Waals surface area contributed by atoms with Crippen LogP contribution in [0.5, 0.6) is 11.5 Å². The van der Waals surface area contributed by atoms with Crippen molar-refractivity contribution in [2.75, 3.05) is 6.61 Å². The smallest absolute Gasteiger partial charge is 0.336 e. The van der Waals surface area contributed by atoms with Gasteiger partial charge in [-0.3, -0.25) is 9.97 Å². The molecule has 20 heavy (non-hydrogen) atoms. The molecule has 0 N–H and O–H groups in total. The van der Waals surface area contributed by atoms with Crippen LogP contribution in [-0.4, -0.2) is 22.5 Å². The van der Waals surface area contributed by atoms with Crippen LogP contribution >= 0.6 is 0 Å². The van der Waals surface area contributed by atoms with Crippen molar-refractivity contribution in [1.82, 2.24) is 9.97 Å². The van der Waals surface area contributed by atoms with Gasteiger partial charge in [0, 0.05) is 18.5 Å². The minimum absolute atomic E-state index is 0.460. The Labute approximate surface area is 116 Å². The van der Waals surface area contributed by atoms with E-state index in [2.05, 4.69) is 9.97 Å². The van der Waals surface area contributed by atoms with E-state index in [9.17, 15) is 4.79 Å². The van der Waals surface area contributed by atoms with Crippen molar-refractivity contribution in [3.63, 3.8) is 0 Å². The first-order valence-corrected chi connectivity index (χ1v) is 6.16. The summed E-state index contributed by atoms with van der Waals surface area (Å²) in [5.41, 5.74) is 0.594. The van der Waals surface area contributed by atoms with Gasteiger partial charge in [-0.15, -0.1) is 0 Å². The van der Waals surface area contributed by atoms with Crippen LogP contribution in [0.2, 0.25) is 0 Å². The number of aromatic nitrogens is 2. The molecule has 0 aliphatic carbocycles. The predicted octanol–water partition coefficient (Wildman–Crippen LogP) is 2.49. The summed E-state index contributed by atoms with van der Waals surface area (Å²) in [6.45, 7) is 2.51. The number of ether oxygens (including phenoxy) is 2. The summed E-state index contributed by atoms with van der Waals surface area (Å²) < 4.78 is 10.4. The van der Waals surface area contributed by atoms with E-state index < -0.39 is 5.97 Å². The van der Waals surface area contributed by atoms with Crippen molar-refractivity contribution in [2.45, 2.75) is 6.92 Å². The predicted molar refractivity (Wildman–Crippen MR) is 74.3 cm³/mol. The lowest BCUT2D eigenvalue weighted by Crippen LogP contribution is -2.03. The fraction of sp³-hybridized carbons (Fsp3) is 0.133. The van der Waals surface area contributed by atoms with Crippen molar-refractivity contribution in [3.05, 3.63) is 54.6 Å². The topological polar surface area (TPSA) is 61.3 Å². The summed E-state index contributed by atoms with van der Waals surface area (Å²) >= 11 is 0. The van der Waals surface area contributed by atoms with Crippen molar-refractivity contribution >= 4 is 12.0 Å². The monoisotopic (exact) mass is 270 g/mol. The van der Waals surface area contributed by atoms with Gasteiger partial charge in [0.15, 0.2) is 0 Å². The third kappa shape index (κ3) is 4.20. The van der Waals surface area contributed by atoms with E-state index in [0.29, 0.717) is 18.1 Å². The molecule has 1 aromatic heterocycles. The molecular formula is C15H14N2O3. The first-order chi connectivity index (χ1) is 9.78. The molecule has 1 aromatic carbocycles. The van der Waals surface area contributed by atoms with E-state index in [4.69, 9.17) is 9.47 Å². The molecule has 0 amide bonds. The Balaban J connectivity index is 1.92. The van der Waals surface area contributed by atoms with Gasteiger partial charge in [-0.05, 0) is 37.3 Å². The largest absolute Gasteiger partial charge is 0.494 e. The number of hydrogen-bond donors (Lipinski definition) is 0. The van der Waals surface area contributed by atoms with Crippen LogP contribution in [0.4, 0.5) is 0 Å². The minimum atomic E-state index is -0.472. The number of nitrogens with zero attached hydrogens (tertiary/aromatic N) is 2. The maximum atomic E-state index is 11.6. The van der Waals surface area contributed by atoms with Crippen molar-refractivity contribution in [2.24, 2.45) is 0 Å². The molecule has 0 bridgehead atoms. The molecule has 0 aliphatic rings. The van der Waals surface area contributed by atoms with Gasteiger partial charge in [0.05, 0.1) is 18.5 Å². The van der Waals surface area contributed by atoms with E-state index in [1.165, 1.54) is 6.08 Å². The molecule has 0 saturated heterocycles. The van der Waals surface area contributed by atoms with Gasteiger partial charge in [0.25, 0.3) is 0 Å². The Morgan fingerprint density at radius 3 is 2.60 bits per heavy atom. The maximum Gasteiger partial charge on any atom is 0.336 e. The van der Waals surface area contributed by atoms with Crippen LogP contribution in [0.15, 0.2) is 48.9 Å². The van der Waals surface area contributed by atoms with Crippen LogP contribution in [0.1, 0.15) is 12.6 Å². The van der Waals surface area contributed by atoms with Crippen LogP contribution in [0, 0.1) is 0 Å². The molecule has 0 aliphatic heterocycles. The highest BCUT2D eigenvalue weighted by atomic mass is 16.5. The molecule has 5 nitrogen and oxygen atoms in total. The molecule has 0 saturated carbocycles. The lowest BCUT2D eigenvalue weighted by molar-refractivity contribution is -0.128. The van der Waals surface area contributed by atoms with Crippen molar-refractivity contribution in [1.29, 1.82) is 0 Å². The van der Waals surface area contributed by atoms with Gasteiger partial charge in [0.2, 0.25) is 0 Å². The molecule has 5 heteroatoms. The summed E-state index contributed by atoms with van der Waals surface area (Å²) in [5.74, 6) is 0.726. The number of carbonyl (C=O) groups is 1. The first kappa shape index (κ1) is 13.7. The van der Waals surface area contributed by atoms with E-state index >= 15 is 0 Å². The molecular weight excluding hydrogens is 256 g/mol. The quantitative estimate of drug-likeness (QED) is 0.474. The van der Waals surface area contributed by atoms with E-state index in [0.717, 1.165) is 5.75 Å². The Bertz CT molecular complexity index is 580. The van der Waals surface area contributed by atoms with Gasteiger partial charge in [0.1, 0.15) is 11.5 Å². The van der Waals surface area contributed by atoms with Gasteiger partial charge in [-0.1, -0.05) is 0 Å². The summed E-state index contributed by atoms with van der Waals surface area (Å²) in [7, 11) is 0. The summed E-state index contributed by atoms with van der Waals surface area (Å²) in [4.78, 5) is 19.5. The van der Waals surface area contributed by atoms with Gasteiger partial charge in [-0.2, -0.15) is 0 Å². The molecule has 1 heterocycles. The van der Waals surface area contributed by atoms with Gasteiger partial charge < -0.3 is 9.47 Å². The highest BCUT2D eigenvalue weighted by molar-refractivity contribution is 5.88. The summed E-state index contributed by atoms with van der Waals surface area (Å²) in [6.07, 6.45) is 7.53. The molecule has 0 unspecified atom stereocenters. The minimum Gasteiger partial charge on any atom is -0.494 e. The fourth-order valence-corrected chi connectivity index (χ4v) is 1.47.